The Labute approximate surface area is 110 Å². The molecule has 0 aliphatic heterocycles. The third-order valence-electron chi connectivity index (χ3n) is 1.87. The summed E-state index contributed by atoms with van der Waals surface area (Å²) in [6.07, 6.45) is 0. The van der Waals surface area contributed by atoms with E-state index in [4.69, 9.17) is 5.73 Å². The Morgan fingerprint density at radius 1 is 1.47 bits per heavy atom. The first-order valence-electron chi connectivity index (χ1n) is 4.44. The maximum absolute atomic E-state index is 5.81. The summed E-state index contributed by atoms with van der Waals surface area (Å²) in [6.45, 7) is 0.676. The van der Waals surface area contributed by atoms with E-state index >= 15 is 0 Å². The minimum atomic E-state index is 0.375. The number of halogens is 1. The molecule has 2 rings (SSSR count). The first-order valence-corrected chi connectivity index (χ1v) is 7.87. The van der Waals surface area contributed by atoms with Gasteiger partial charge in [0.2, 0.25) is 0 Å². The van der Waals surface area contributed by atoms with Crippen molar-refractivity contribution < 1.29 is 0 Å². The molecule has 0 fully saturated rings. The molecule has 0 amide bonds. The van der Waals surface area contributed by atoms with Crippen molar-refractivity contribution in [3.63, 3.8) is 0 Å². The van der Waals surface area contributed by atoms with Gasteiger partial charge in [0, 0.05) is 21.3 Å². The van der Waals surface area contributed by atoms with Crippen LogP contribution >= 0.6 is 50.4 Å². The van der Waals surface area contributed by atoms with Crippen LogP contribution in [0.25, 0.3) is 0 Å². The molecule has 0 aliphatic carbocycles. The zero-order valence-electron chi connectivity index (χ0n) is 7.85. The molecule has 0 bridgehead atoms. The molecule has 5 heteroatoms. The second-order valence-electron chi connectivity index (χ2n) is 2.94. The van der Waals surface area contributed by atoms with Crippen LogP contribution in [-0.4, -0.2) is 6.54 Å². The highest BCUT2D eigenvalue weighted by Gasteiger charge is 2.13. The van der Waals surface area contributed by atoms with E-state index in [0.29, 0.717) is 11.8 Å². The fourth-order valence-corrected chi connectivity index (χ4v) is 4.84. The third kappa shape index (κ3) is 3.07. The summed E-state index contributed by atoms with van der Waals surface area (Å²) in [4.78, 5) is 1.34. The number of thiophene rings is 2. The molecule has 1 nitrogen and oxygen atoms in total. The zero-order valence-corrected chi connectivity index (χ0v) is 11.9. The van der Waals surface area contributed by atoms with Gasteiger partial charge in [-0.05, 0) is 33.4 Å². The maximum atomic E-state index is 5.81. The minimum absolute atomic E-state index is 0.375. The van der Waals surface area contributed by atoms with Gasteiger partial charge in [0.1, 0.15) is 0 Å². The molecular formula is C10H10BrNS3. The molecule has 80 valence electrons. The lowest BCUT2D eigenvalue weighted by molar-refractivity contribution is 0.961. The highest BCUT2D eigenvalue weighted by Crippen LogP contribution is 2.39. The van der Waals surface area contributed by atoms with Gasteiger partial charge in [-0.25, -0.2) is 0 Å². The van der Waals surface area contributed by atoms with Gasteiger partial charge in [-0.15, -0.1) is 34.4 Å². The van der Waals surface area contributed by atoms with Gasteiger partial charge in [-0.3, -0.25) is 0 Å². The van der Waals surface area contributed by atoms with Gasteiger partial charge in [0.05, 0.1) is 9.46 Å². The van der Waals surface area contributed by atoms with Crippen LogP contribution in [0.1, 0.15) is 10.1 Å². The van der Waals surface area contributed by atoms with Crippen LogP contribution in [-0.2, 0) is 0 Å². The molecular weight excluding hydrogens is 310 g/mol. The van der Waals surface area contributed by atoms with Gasteiger partial charge in [-0.2, -0.15) is 0 Å². The number of hydrogen-bond donors (Lipinski definition) is 1. The fraction of sp³-hybridized carbons (Fsp3) is 0.200. The smallest absolute Gasteiger partial charge is 0.0605 e. The fourth-order valence-electron chi connectivity index (χ4n) is 1.19. The molecule has 0 saturated carbocycles. The van der Waals surface area contributed by atoms with Crippen LogP contribution in [0.15, 0.2) is 37.6 Å². The van der Waals surface area contributed by atoms with Crippen molar-refractivity contribution >= 4 is 50.4 Å². The SMILES string of the molecule is NCC(Sc1cccs1)c1cc(Br)cs1. The Balaban J connectivity index is 2.11. The van der Waals surface area contributed by atoms with E-state index in [-0.39, 0.29) is 0 Å². The Morgan fingerprint density at radius 3 is 2.87 bits per heavy atom. The van der Waals surface area contributed by atoms with E-state index in [9.17, 15) is 0 Å². The first-order chi connectivity index (χ1) is 7.29. The van der Waals surface area contributed by atoms with Crippen molar-refractivity contribution in [2.45, 2.75) is 9.46 Å². The molecule has 1 atom stereocenters. The molecule has 2 aromatic heterocycles. The Kier molecular flexibility index (Phi) is 4.28. The largest absolute Gasteiger partial charge is 0.329 e. The summed E-state index contributed by atoms with van der Waals surface area (Å²) in [6, 6.07) is 6.37. The summed E-state index contributed by atoms with van der Waals surface area (Å²) in [5.41, 5.74) is 5.81. The van der Waals surface area contributed by atoms with E-state index in [1.807, 2.05) is 11.8 Å². The van der Waals surface area contributed by atoms with Gasteiger partial charge >= 0.3 is 0 Å². The van der Waals surface area contributed by atoms with E-state index < -0.39 is 0 Å². The molecule has 15 heavy (non-hydrogen) atoms. The van der Waals surface area contributed by atoms with Crippen molar-refractivity contribution in [3.8, 4) is 0 Å². The number of rotatable bonds is 4. The summed E-state index contributed by atoms with van der Waals surface area (Å²) >= 11 is 8.84. The topological polar surface area (TPSA) is 26.0 Å². The van der Waals surface area contributed by atoms with Gasteiger partial charge in [0.25, 0.3) is 0 Å². The monoisotopic (exact) mass is 319 g/mol. The molecule has 0 aliphatic rings. The van der Waals surface area contributed by atoms with Crippen LogP contribution in [0, 0.1) is 0 Å². The Hall–Kier alpha value is 0.190. The van der Waals surface area contributed by atoms with Gasteiger partial charge < -0.3 is 5.73 Å². The standard InChI is InChI=1S/C10H10BrNS3/c11-7-4-8(14-6-7)9(5-12)15-10-2-1-3-13-10/h1-4,6,9H,5,12H2. The van der Waals surface area contributed by atoms with Crippen molar-refractivity contribution in [1.82, 2.24) is 0 Å². The molecule has 2 N–H and O–H groups in total. The maximum Gasteiger partial charge on any atom is 0.0605 e. The van der Waals surface area contributed by atoms with Crippen LogP contribution in [0.5, 0.6) is 0 Å². The van der Waals surface area contributed by atoms with Crippen LogP contribution in [0.3, 0.4) is 0 Å². The molecule has 0 saturated heterocycles. The molecule has 0 aromatic carbocycles. The lowest BCUT2D eigenvalue weighted by Crippen LogP contribution is -2.07. The molecule has 2 aromatic rings. The van der Waals surface area contributed by atoms with Crippen molar-refractivity contribution in [2.24, 2.45) is 5.73 Å². The van der Waals surface area contributed by atoms with Gasteiger partial charge in [0.15, 0.2) is 0 Å². The zero-order chi connectivity index (χ0) is 10.7. The molecule has 1 unspecified atom stereocenters. The molecule has 2 heterocycles. The van der Waals surface area contributed by atoms with Crippen molar-refractivity contribution in [2.75, 3.05) is 6.54 Å². The summed E-state index contributed by atoms with van der Waals surface area (Å²) in [5.74, 6) is 0. The summed E-state index contributed by atoms with van der Waals surface area (Å²) in [5, 5.41) is 4.58. The lowest BCUT2D eigenvalue weighted by atomic mass is 10.3. The molecule has 0 spiro atoms. The van der Waals surface area contributed by atoms with E-state index in [2.05, 4.69) is 44.9 Å². The van der Waals surface area contributed by atoms with Gasteiger partial charge in [-0.1, -0.05) is 6.07 Å². The summed E-state index contributed by atoms with van der Waals surface area (Å²) < 4.78 is 2.47. The highest BCUT2D eigenvalue weighted by atomic mass is 79.9. The third-order valence-corrected chi connectivity index (χ3v) is 6.17. The Bertz CT molecular complexity index is 410. The number of hydrogen-bond acceptors (Lipinski definition) is 4. The van der Waals surface area contributed by atoms with Crippen LogP contribution < -0.4 is 5.73 Å². The van der Waals surface area contributed by atoms with Crippen LogP contribution in [0.4, 0.5) is 0 Å². The predicted octanol–water partition coefficient (Wildman–Crippen LogP) is 4.36. The Morgan fingerprint density at radius 2 is 2.33 bits per heavy atom. The predicted molar refractivity (Wildman–Crippen MR) is 74.0 cm³/mol. The quantitative estimate of drug-likeness (QED) is 0.847. The lowest BCUT2D eigenvalue weighted by Gasteiger charge is -2.10. The van der Waals surface area contributed by atoms with Crippen molar-refractivity contribution in [3.05, 3.63) is 38.3 Å². The van der Waals surface area contributed by atoms with E-state index in [0.717, 1.165) is 4.47 Å². The van der Waals surface area contributed by atoms with Crippen LogP contribution in [0.2, 0.25) is 0 Å². The van der Waals surface area contributed by atoms with E-state index in [1.54, 1.807) is 22.7 Å². The average Bonchev–Trinajstić information content (AvgIpc) is 2.85. The average molecular weight is 320 g/mol. The number of nitrogens with two attached hydrogens (primary N) is 1. The highest BCUT2D eigenvalue weighted by molar-refractivity contribution is 9.10. The number of thioether (sulfide) groups is 1. The van der Waals surface area contributed by atoms with Crippen molar-refractivity contribution in [1.29, 1.82) is 0 Å². The second kappa shape index (κ2) is 5.50. The first kappa shape index (κ1) is 11.7. The second-order valence-corrected chi connectivity index (χ2v) is 7.25. The summed E-state index contributed by atoms with van der Waals surface area (Å²) in [7, 11) is 0. The normalized spacial score (nSPS) is 12.9. The minimum Gasteiger partial charge on any atom is -0.329 e. The van der Waals surface area contributed by atoms with E-state index in [1.165, 1.54) is 9.09 Å². The molecule has 0 radical (unpaired) electrons.